The lowest BCUT2D eigenvalue weighted by atomic mass is 9.89. The number of piperidine rings is 1. The molecule has 1 heterocycles. The number of hydrogen-bond donors (Lipinski definition) is 1. The molecule has 0 aliphatic carbocycles. The Hall–Kier alpha value is -0.120. The second-order valence-corrected chi connectivity index (χ2v) is 5.13. The molecule has 0 spiro atoms. The van der Waals surface area contributed by atoms with E-state index in [0.717, 1.165) is 12.5 Å². The van der Waals surface area contributed by atoms with Crippen molar-refractivity contribution < 1.29 is 4.74 Å². The van der Waals surface area contributed by atoms with Crippen LogP contribution in [0.2, 0.25) is 0 Å². The molecule has 4 unspecified atom stereocenters. The highest BCUT2D eigenvalue weighted by molar-refractivity contribution is 4.87. The van der Waals surface area contributed by atoms with E-state index < -0.39 is 0 Å². The van der Waals surface area contributed by atoms with Gasteiger partial charge in [-0.2, -0.15) is 0 Å². The van der Waals surface area contributed by atoms with Crippen LogP contribution in [0.1, 0.15) is 27.2 Å². The molecule has 0 aromatic carbocycles. The maximum atomic E-state index is 5.16. The summed E-state index contributed by atoms with van der Waals surface area (Å²) < 4.78 is 5.16. The first kappa shape index (κ1) is 12.9. The van der Waals surface area contributed by atoms with Crippen molar-refractivity contribution in [2.45, 2.75) is 45.3 Å². The number of rotatable bonds is 4. The second-order valence-electron chi connectivity index (χ2n) is 5.13. The molecule has 1 aliphatic heterocycles. The van der Waals surface area contributed by atoms with Crippen molar-refractivity contribution in [3.05, 3.63) is 0 Å². The summed E-state index contributed by atoms with van der Waals surface area (Å²) in [6, 6.07) is 1.79. The van der Waals surface area contributed by atoms with Crippen LogP contribution in [0.4, 0.5) is 0 Å². The molecular weight excluding hydrogens is 188 g/mol. The van der Waals surface area contributed by atoms with Crippen LogP contribution in [-0.2, 0) is 4.74 Å². The number of methoxy groups -OCH3 is 1. The molecule has 3 heteroatoms. The number of ether oxygens (including phenoxy) is 1. The van der Waals surface area contributed by atoms with E-state index in [1.807, 2.05) is 0 Å². The Labute approximate surface area is 94.2 Å². The van der Waals surface area contributed by atoms with Crippen LogP contribution in [0.3, 0.4) is 0 Å². The smallest absolute Gasteiger partial charge is 0.0613 e. The molecule has 0 saturated carbocycles. The SMILES string of the molecule is COCC(C)NC1CC(C)N(C)CC1C. The largest absolute Gasteiger partial charge is 0.383 e. The van der Waals surface area contributed by atoms with E-state index in [1.54, 1.807) is 7.11 Å². The monoisotopic (exact) mass is 214 g/mol. The zero-order chi connectivity index (χ0) is 11.4. The molecule has 1 saturated heterocycles. The van der Waals surface area contributed by atoms with E-state index in [0.29, 0.717) is 18.1 Å². The second kappa shape index (κ2) is 5.83. The highest BCUT2D eigenvalue weighted by Gasteiger charge is 2.29. The van der Waals surface area contributed by atoms with Crippen molar-refractivity contribution in [1.29, 1.82) is 0 Å². The van der Waals surface area contributed by atoms with Crippen LogP contribution in [0.5, 0.6) is 0 Å². The number of likely N-dealkylation sites (tertiary alicyclic amines) is 1. The first-order valence-corrected chi connectivity index (χ1v) is 5.99. The average Bonchev–Trinajstić information content (AvgIpc) is 2.14. The minimum Gasteiger partial charge on any atom is -0.383 e. The Morgan fingerprint density at radius 3 is 2.73 bits per heavy atom. The standard InChI is InChI=1S/C12H26N2O/c1-9-7-14(4)11(3)6-12(9)13-10(2)8-15-5/h9-13H,6-8H2,1-5H3. The van der Waals surface area contributed by atoms with Crippen LogP contribution in [0, 0.1) is 5.92 Å². The van der Waals surface area contributed by atoms with E-state index >= 15 is 0 Å². The highest BCUT2D eigenvalue weighted by atomic mass is 16.5. The maximum Gasteiger partial charge on any atom is 0.0613 e. The molecule has 90 valence electrons. The fourth-order valence-corrected chi connectivity index (χ4v) is 2.44. The normalized spacial score (nSPS) is 35.4. The third-order valence-corrected chi connectivity index (χ3v) is 3.53. The summed E-state index contributed by atoms with van der Waals surface area (Å²) in [5, 5.41) is 3.67. The first-order valence-electron chi connectivity index (χ1n) is 5.99. The van der Waals surface area contributed by atoms with Gasteiger partial charge in [0.1, 0.15) is 0 Å². The maximum absolute atomic E-state index is 5.16. The van der Waals surface area contributed by atoms with Gasteiger partial charge in [0.15, 0.2) is 0 Å². The summed E-state index contributed by atoms with van der Waals surface area (Å²) >= 11 is 0. The Morgan fingerprint density at radius 1 is 1.47 bits per heavy atom. The van der Waals surface area contributed by atoms with Crippen molar-refractivity contribution in [3.63, 3.8) is 0 Å². The summed E-state index contributed by atoms with van der Waals surface area (Å²) in [5.74, 6) is 0.727. The molecule has 1 fully saturated rings. The summed E-state index contributed by atoms with van der Waals surface area (Å²) in [6.45, 7) is 8.83. The molecule has 0 amide bonds. The molecule has 3 nitrogen and oxygen atoms in total. The minimum absolute atomic E-state index is 0.457. The summed E-state index contributed by atoms with van der Waals surface area (Å²) in [5.41, 5.74) is 0. The summed E-state index contributed by atoms with van der Waals surface area (Å²) in [6.07, 6.45) is 1.24. The van der Waals surface area contributed by atoms with Crippen molar-refractivity contribution >= 4 is 0 Å². The predicted octanol–water partition coefficient (Wildman–Crippen LogP) is 1.34. The molecule has 1 rings (SSSR count). The van der Waals surface area contributed by atoms with Crippen LogP contribution in [0.25, 0.3) is 0 Å². The van der Waals surface area contributed by atoms with Crippen LogP contribution >= 0.6 is 0 Å². The molecule has 4 atom stereocenters. The van der Waals surface area contributed by atoms with E-state index in [-0.39, 0.29) is 0 Å². The Bertz CT molecular complexity index is 186. The molecular formula is C12H26N2O. The van der Waals surface area contributed by atoms with Gasteiger partial charge in [0.25, 0.3) is 0 Å². The average molecular weight is 214 g/mol. The van der Waals surface area contributed by atoms with Crippen molar-refractivity contribution in [1.82, 2.24) is 10.2 Å². The minimum atomic E-state index is 0.457. The lowest BCUT2D eigenvalue weighted by molar-refractivity contribution is 0.101. The van der Waals surface area contributed by atoms with Crippen molar-refractivity contribution in [2.24, 2.45) is 5.92 Å². The van der Waals surface area contributed by atoms with Gasteiger partial charge in [-0.05, 0) is 33.2 Å². The zero-order valence-electron chi connectivity index (χ0n) is 10.8. The third-order valence-electron chi connectivity index (χ3n) is 3.53. The molecule has 0 aromatic rings. The van der Waals surface area contributed by atoms with E-state index in [9.17, 15) is 0 Å². The van der Waals surface area contributed by atoms with Crippen molar-refractivity contribution in [2.75, 3.05) is 27.3 Å². The van der Waals surface area contributed by atoms with Crippen LogP contribution < -0.4 is 5.32 Å². The molecule has 15 heavy (non-hydrogen) atoms. The van der Waals surface area contributed by atoms with E-state index in [1.165, 1.54) is 13.0 Å². The molecule has 0 radical (unpaired) electrons. The summed E-state index contributed by atoms with van der Waals surface area (Å²) in [7, 11) is 3.98. The Kier molecular flexibility index (Phi) is 5.03. The molecule has 0 bridgehead atoms. The number of hydrogen-bond acceptors (Lipinski definition) is 3. The van der Waals surface area contributed by atoms with Gasteiger partial charge in [0.2, 0.25) is 0 Å². The summed E-state index contributed by atoms with van der Waals surface area (Å²) in [4.78, 5) is 2.45. The molecule has 1 N–H and O–H groups in total. The van der Waals surface area contributed by atoms with Gasteiger partial charge < -0.3 is 15.0 Å². The third kappa shape index (κ3) is 3.74. The molecule has 0 aromatic heterocycles. The van der Waals surface area contributed by atoms with Crippen LogP contribution in [0.15, 0.2) is 0 Å². The van der Waals surface area contributed by atoms with E-state index in [2.05, 4.69) is 38.0 Å². The van der Waals surface area contributed by atoms with Gasteiger partial charge >= 0.3 is 0 Å². The Balaban J connectivity index is 2.40. The highest BCUT2D eigenvalue weighted by Crippen LogP contribution is 2.20. The lowest BCUT2D eigenvalue weighted by Gasteiger charge is -2.41. The van der Waals surface area contributed by atoms with Crippen molar-refractivity contribution in [3.8, 4) is 0 Å². The van der Waals surface area contributed by atoms with Gasteiger partial charge in [-0.15, -0.1) is 0 Å². The fourth-order valence-electron chi connectivity index (χ4n) is 2.44. The number of nitrogens with zero attached hydrogens (tertiary/aromatic N) is 1. The van der Waals surface area contributed by atoms with Gasteiger partial charge in [0, 0.05) is 31.8 Å². The van der Waals surface area contributed by atoms with Gasteiger partial charge in [-0.1, -0.05) is 6.92 Å². The predicted molar refractivity (Wildman–Crippen MR) is 64.1 cm³/mol. The topological polar surface area (TPSA) is 24.5 Å². The fraction of sp³-hybridized carbons (Fsp3) is 1.00. The van der Waals surface area contributed by atoms with E-state index in [4.69, 9.17) is 4.74 Å². The van der Waals surface area contributed by atoms with Gasteiger partial charge in [-0.25, -0.2) is 0 Å². The van der Waals surface area contributed by atoms with Crippen LogP contribution in [-0.4, -0.2) is 50.3 Å². The Morgan fingerprint density at radius 2 is 2.13 bits per heavy atom. The first-order chi connectivity index (χ1) is 7.04. The van der Waals surface area contributed by atoms with Gasteiger partial charge in [0.05, 0.1) is 6.61 Å². The number of nitrogens with one attached hydrogen (secondary N) is 1. The van der Waals surface area contributed by atoms with Gasteiger partial charge in [-0.3, -0.25) is 0 Å². The quantitative estimate of drug-likeness (QED) is 0.764. The lowest BCUT2D eigenvalue weighted by Crippen LogP contribution is -2.53. The zero-order valence-corrected chi connectivity index (χ0v) is 10.8. The molecule has 1 aliphatic rings.